The van der Waals surface area contributed by atoms with Gasteiger partial charge in [0, 0.05) is 0 Å². The Labute approximate surface area is 62.8 Å². The zero-order valence-corrected chi connectivity index (χ0v) is 6.59. The predicted octanol–water partition coefficient (Wildman–Crippen LogP) is 2.11. The van der Waals surface area contributed by atoms with E-state index in [9.17, 15) is 5.11 Å². The molecule has 58 valence electrons. The molecule has 0 aromatic heterocycles. The molecule has 1 rings (SSSR count). The SMILES string of the molecule is C[C@H]1/C=C\CCCC[C@@H]1O. The van der Waals surface area contributed by atoms with Crippen molar-refractivity contribution in [2.45, 2.75) is 38.7 Å². The lowest BCUT2D eigenvalue weighted by molar-refractivity contribution is 0.123. The van der Waals surface area contributed by atoms with Crippen LogP contribution in [0.3, 0.4) is 0 Å². The van der Waals surface area contributed by atoms with Gasteiger partial charge >= 0.3 is 0 Å². The quantitative estimate of drug-likeness (QED) is 0.511. The van der Waals surface area contributed by atoms with Gasteiger partial charge in [0.05, 0.1) is 6.10 Å². The van der Waals surface area contributed by atoms with Crippen molar-refractivity contribution in [2.24, 2.45) is 5.92 Å². The summed E-state index contributed by atoms with van der Waals surface area (Å²) in [6.45, 7) is 2.08. The molecule has 1 aliphatic carbocycles. The lowest BCUT2D eigenvalue weighted by Crippen LogP contribution is -2.16. The summed E-state index contributed by atoms with van der Waals surface area (Å²) in [5.74, 6) is 0.361. The molecule has 0 spiro atoms. The highest BCUT2D eigenvalue weighted by Gasteiger charge is 2.11. The van der Waals surface area contributed by atoms with Crippen LogP contribution in [0.4, 0.5) is 0 Å². The van der Waals surface area contributed by atoms with Crippen LogP contribution in [0.25, 0.3) is 0 Å². The molecule has 10 heavy (non-hydrogen) atoms. The van der Waals surface area contributed by atoms with Gasteiger partial charge in [-0.15, -0.1) is 0 Å². The lowest BCUT2D eigenvalue weighted by Gasteiger charge is -2.16. The molecule has 1 nitrogen and oxygen atoms in total. The Morgan fingerprint density at radius 1 is 1.40 bits per heavy atom. The minimum atomic E-state index is -0.100. The first-order chi connectivity index (χ1) is 4.80. The van der Waals surface area contributed by atoms with Crippen molar-refractivity contribution in [3.05, 3.63) is 12.2 Å². The van der Waals surface area contributed by atoms with Crippen molar-refractivity contribution in [1.82, 2.24) is 0 Å². The third kappa shape index (κ3) is 2.14. The molecular weight excluding hydrogens is 124 g/mol. The average molecular weight is 140 g/mol. The van der Waals surface area contributed by atoms with Gasteiger partial charge in [-0.1, -0.05) is 25.5 Å². The van der Waals surface area contributed by atoms with E-state index in [0.717, 1.165) is 6.42 Å². The first-order valence-electron chi connectivity index (χ1n) is 4.15. The Kier molecular flexibility index (Phi) is 2.94. The van der Waals surface area contributed by atoms with Crippen molar-refractivity contribution in [1.29, 1.82) is 0 Å². The van der Waals surface area contributed by atoms with Crippen molar-refractivity contribution in [3.63, 3.8) is 0 Å². The summed E-state index contributed by atoms with van der Waals surface area (Å²) in [5.41, 5.74) is 0. The molecule has 1 aliphatic rings. The molecule has 2 atom stereocenters. The van der Waals surface area contributed by atoms with E-state index in [2.05, 4.69) is 19.1 Å². The van der Waals surface area contributed by atoms with Gasteiger partial charge in [-0.3, -0.25) is 0 Å². The number of aliphatic hydroxyl groups excluding tert-OH is 1. The number of allylic oxidation sites excluding steroid dienone is 1. The highest BCUT2D eigenvalue weighted by atomic mass is 16.3. The maximum absolute atomic E-state index is 9.43. The summed E-state index contributed by atoms with van der Waals surface area (Å²) < 4.78 is 0. The second-order valence-corrected chi connectivity index (χ2v) is 3.14. The topological polar surface area (TPSA) is 20.2 Å². The Bertz CT molecular complexity index is 118. The fourth-order valence-electron chi connectivity index (χ4n) is 1.32. The van der Waals surface area contributed by atoms with E-state index in [1.807, 2.05) is 0 Å². The highest BCUT2D eigenvalue weighted by molar-refractivity contribution is 4.91. The molecule has 0 unspecified atom stereocenters. The standard InChI is InChI=1S/C9H16O/c1-8-6-4-2-3-5-7-9(8)10/h4,6,8-10H,2-3,5,7H2,1H3/b6-4-/t8-,9-/m0/s1. The van der Waals surface area contributed by atoms with E-state index in [1.54, 1.807) is 0 Å². The predicted molar refractivity (Wildman–Crippen MR) is 42.8 cm³/mol. The Hall–Kier alpha value is -0.300. The van der Waals surface area contributed by atoms with Gasteiger partial charge in [0.2, 0.25) is 0 Å². The Morgan fingerprint density at radius 2 is 2.20 bits per heavy atom. The van der Waals surface area contributed by atoms with Crippen LogP contribution in [0, 0.1) is 5.92 Å². The molecule has 0 fully saturated rings. The molecular formula is C9H16O. The van der Waals surface area contributed by atoms with Crippen molar-refractivity contribution >= 4 is 0 Å². The molecule has 0 bridgehead atoms. The van der Waals surface area contributed by atoms with Gasteiger partial charge in [-0.25, -0.2) is 0 Å². The van der Waals surface area contributed by atoms with Gasteiger partial charge in [0.15, 0.2) is 0 Å². The molecule has 0 saturated heterocycles. The molecule has 0 aromatic carbocycles. The molecule has 0 amide bonds. The maximum atomic E-state index is 9.43. The second kappa shape index (κ2) is 3.77. The molecule has 0 radical (unpaired) electrons. The number of rotatable bonds is 0. The van der Waals surface area contributed by atoms with Gasteiger partial charge in [-0.05, 0) is 25.2 Å². The summed E-state index contributed by atoms with van der Waals surface area (Å²) in [7, 11) is 0. The molecule has 1 heteroatoms. The van der Waals surface area contributed by atoms with Crippen LogP contribution < -0.4 is 0 Å². The zero-order chi connectivity index (χ0) is 7.40. The minimum absolute atomic E-state index is 0.100. The van der Waals surface area contributed by atoms with Crippen LogP contribution >= 0.6 is 0 Å². The van der Waals surface area contributed by atoms with E-state index >= 15 is 0 Å². The molecule has 1 N–H and O–H groups in total. The average Bonchev–Trinajstić information content (AvgIpc) is 1.92. The number of aliphatic hydroxyl groups is 1. The Morgan fingerprint density at radius 3 is 3.00 bits per heavy atom. The largest absolute Gasteiger partial charge is 0.393 e. The van der Waals surface area contributed by atoms with E-state index < -0.39 is 0 Å². The molecule has 0 heterocycles. The van der Waals surface area contributed by atoms with Crippen LogP contribution in [-0.4, -0.2) is 11.2 Å². The number of hydrogen-bond acceptors (Lipinski definition) is 1. The fraction of sp³-hybridized carbons (Fsp3) is 0.778. The van der Waals surface area contributed by atoms with Crippen LogP contribution in [0.2, 0.25) is 0 Å². The minimum Gasteiger partial charge on any atom is -0.393 e. The maximum Gasteiger partial charge on any atom is 0.0600 e. The van der Waals surface area contributed by atoms with E-state index in [-0.39, 0.29) is 6.10 Å². The first kappa shape index (κ1) is 7.80. The van der Waals surface area contributed by atoms with Crippen molar-refractivity contribution in [3.8, 4) is 0 Å². The van der Waals surface area contributed by atoms with E-state index in [0.29, 0.717) is 5.92 Å². The monoisotopic (exact) mass is 140 g/mol. The van der Waals surface area contributed by atoms with Crippen LogP contribution in [0.15, 0.2) is 12.2 Å². The number of hydrogen-bond donors (Lipinski definition) is 1. The van der Waals surface area contributed by atoms with Gasteiger partial charge in [0.1, 0.15) is 0 Å². The van der Waals surface area contributed by atoms with Crippen molar-refractivity contribution in [2.75, 3.05) is 0 Å². The van der Waals surface area contributed by atoms with Crippen molar-refractivity contribution < 1.29 is 5.11 Å². The summed E-state index contributed by atoms with van der Waals surface area (Å²) in [6, 6.07) is 0. The zero-order valence-electron chi connectivity index (χ0n) is 6.59. The molecule has 0 aromatic rings. The van der Waals surface area contributed by atoms with Crippen LogP contribution in [0.5, 0.6) is 0 Å². The molecule has 0 saturated carbocycles. The third-order valence-corrected chi connectivity index (χ3v) is 2.17. The summed E-state index contributed by atoms with van der Waals surface area (Å²) in [5, 5.41) is 9.43. The van der Waals surface area contributed by atoms with Gasteiger partial charge in [-0.2, -0.15) is 0 Å². The Balaban J connectivity index is 2.44. The fourth-order valence-corrected chi connectivity index (χ4v) is 1.32. The second-order valence-electron chi connectivity index (χ2n) is 3.14. The van der Waals surface area contributed by atoms with Crippen LogP contribution in [-0.2, 0) is 0 Å². The molecule has 0 aliphatic heterocycles. The van der Waals surface area contributed by atoms with Gasteiger partial charge < -0.3 is 5.11 Å². The van der Waals surface area contributed by atoms with Crippen LogP contribution in [0.1, 0.15) is 32.6 Å². The summed E-state index contributed by atoms with van der Waals surface area (Å²) in [6.07, 6.45) is 8.80. The smallest absolute Gasteiger partial charge is 0.0600 e. The normalized spacial score (nSPS) is 38.2. The third-order valence-electron chi connectivity index (χ3n) is 2.17. The van der Waals surface area contributed by atoms with E-state index in [1.165, 1.54) is 19.3 Å². The van der Waals surface area contributed by atoms with Gasteiger partial charge in [0.25, 0.3) is 0 Å². The summed E-state index contributed by atoms with van der Waals surface area (Å²) in [4.78, 5) is 0. The van der Waals surface area contributed by atoms with E-state index in [4.69, 9.17) is 0 Å². The highest BCUT2D eigenvalue weighted by Crippen LogP contribution is 2.16. The summed E-state index contributed by atoms with van der Waals surface area (Å²) >= 11 is 0. The lowest BCUT2D eigenvalue weighted by atomic mass is 9.95. The first-order valence-corrected chi connectivity index (χ1v) is 4.15.